The average Bonchev–Trinajstić information content (AvgIpc) is 3.31. The van der Waals surface area contributed by atoms with Crippen molar-refractivity contribution in [3.8, 4) is 0 Å². The quantitative estimate of drug-likeness (QED) is 0.0472. The van der Waals surface area contributed by atoms with Gasteiger partial charge >= 0.3 is 19.4 Å². The highest BCUT2D eigenvalue weighted by molar-refractivity contribution is 6.62. The summed E-state index contributed by atoms with van der Waals surface area (Å²) in [6, 6.07) is 12.4. The first-order valence-corrected chi connectivity index (χ1v) is 17.7. The second-order valence-corrected chi connectivity index (χ2v) is 15.2. The molecule has 1 aliphatic heterocycles. The second-order valence-electron chi connectivity index (χ2n) is 15.2. The summed E-state index contributed by atoms with van der Waals surface area (Å²) >= 11 is 0. The Morgan fingerprint density at radius 1 is 1.00 bits per heavy atom. The van der Waals surface area contributed by atoms with Gasteiger partial charge in [-0.2, -0.15) is 5.11 Å². The number of methoxy groups -OCH3 is 1. The number of nitrogens with zero attached hydrogens (tertiary/aromatic N) is 1. The fraction of sp³-hybridized carbons (Fsp3) is 0.526. The molecule has 0 radical (unpaired) electrons. The van der Waals surface area contributed by atoms with E-state index < -0.39 is 30.6 Å². The van der Waals surface area contributed by atoms with Gasteiger partial charge in [0.2, 0.25) is 0 Å². The molecule has 0 spiro atoms. The van der Waals surface area contributed by atoms with E-state index in [2.05, 4.69) is 36.2 Å². The van der Waals surface area contributed by atoms with Crippen LogP contribution >= 0.6 is 0 Å². The Bertz CT molecular complexity index is 1590. The summed E-state index contributed by atoms with van der Waals surface area (Å²) in [5.74, 6) is 0. The molecule has 2 aromatic carbocycles. The normalized spacial score (nSPS) is 15.5. The van der Waals surface area contributed by atoms with Gasteiger partial charge in [-0.1, -0.05) is 43.0 Å². The van der Waals surface area contributed by atoms with E-state index >= 15 is 0 Å². The number of hydrogen-bond donors (Lipinski definition) is 5. The topological polar surface area (TPSA) is 187 Å². The minimum Gasteiger partial charge on any atom is -0.450 e. The summed E-state index contributed by atoms with van der Waals surface area (Å²) in [7, 11) is 1.19. The van der Waals surface area contributed by atoms with Gasteiger partial charge in [-0.15, -0.1) is 0 Å². The molecule has 3 rings (SSSR count). The van der Waals surface area contributed by atoms with Crippen LogP contribution < -0.4 is 21.4 Å². The van der Waals surface area contributed by atoms with Gasteiger partial charge < -0.3 is 44.0 Å². The van der Waals surface area contributed by atoms with E-state index in [-0.39, 0.29) is 36.6 Å². The lowest BCUT2D eigenvalue weighted by molar-refractivity contribution is -0.591. The third kappa shape index (κ3) is 13.6. The molecule has 0 unspecified atom stereocenters. The second kappa shape index (κ2) is 18.7. The molecule has 2 aromatic rings. The van der Waals surface area contributed by atoms with Gasteiger partial charge in [-0.3, -0.25) is 5.32 Å². The van der Waals surface area contributed by atoms with Crippen molar-refractivity contribution in [3.05, 3.63) is 77.6 Å². The molecule has 0 aliphatic carbocycles. The number of carbonyl (C=O) groups is 2. The molecule has 0 saturated carbocycles. The molecule has 15 heteroatoms. The maximum atomic E-state index is 12.9. The predicted molar refractivity (Wildman–Crippen MR) is 203 cm³/mol. The SMILES string of the molecule is C=C(NC/C(=C/[NH2+]CCC(C)(C)OCCC(C)(C)OC)N=N)c1ccc(COC(=O)O)c(NC(=O)OCc2ccc(B3OC(C)(C)C(C)(C)O3)cc2)c1. The first-order chi connectivity index (χ1) is 24.8. The smallest absolute Gasteiger partial charge is 0.450 e. The van der Waals surface area contributed by atoms with Gasteiger partial charge in [0.25, 0.3) is 0 Å². The molecule has 1 heterocycles. The molecule has 1 aliphatic rings. The number of quaternary nitrogens is 1. The Labute approximate surface area is 313 Å². The van der Waals surface area contributed by atoms with Crippen molar-refractivity contribution < 1.29 is 48.3 Å². The number of nitrogens with one attached hydrogen (secondary N) is 3. The lowest BCUT2D eigenvalue weighted by Gasteiger charge is -2.32. The summed E-state index contributed by atoms with van der Waals surface area (Å²) in [4.78, 5) is 24.0. The van der Waals surface area contributed by atoms with E-state index in [4.69, 9.17) is 38.9 Å². The molecule has 0 aromatic heterocycles. The summed E-state index contributed by atoms with van der Waals surface area (Å²) in [6.45, 7) is 21.5. The Balaban J connectivity index is 1.56. The monoisotopic (exact) mass is 738 g/mol. The van der Waals surface area contributed by atoms with E-state index in [1.54, 1.807) is 31.5 Å². The zero-order chi connectivity index (χ0) is 39.5. The Morgan fingerprint density at radius 3 is 2.26 bits per heavy atom. The largest absolute Gasteiger partial charge is 0.506 e. The van der Waals surface area contributed by atoms with Crippen LogP contribution in [-0.2, 0) is 41.5 Å². The van der Waals surface area contributed by atoms with E-state index in [1.165, 1.54) is 0 Å². The highest BCUT2D eigenvalue weighted by Gasteiger charge is 2.51. The summed E-state index contributed by atoms with van der Waals surface area (Å²) in [5, 5.41) is 20.5. The van der Waals surface area contributed by atoms with Gasteiger partial charge in [0.15, 0.2) is 0 Å². The van der Waals surface area contributed by atoms with Crippen molar-refractivity contribution in [2.75, 3.05) is 32.1 Å². The van der Waals surface area contributed by atoms with Gasteiger partial charge in [-0.05, 0) is 84.5 Å². The number of amides is 1. The van der Waals surface area contributed by atoms with Crippen LogP contribution in [0.3, 0.4) is 0 Å². The number of ether oxygens (including phenoxy) is 4. The molecule has 0 bridgehead atoms. The van der Waals surface area contributed by atoms with Crippen LogP contribution in [0.25, 0.3) is 5.70 Å². The Kier molecular flexibility index (Phi) is 15.2. The molecule has 0 atom stereocenters. The average molecular weight is 739 g/mol. The van der Waals surface area contributed by atoms with Crippen molar-refractivity contribution in [3.63, 3.8) is 0 Å². The summed E-state index contributed by atoms with van der Waals surface area (Å²) in [6.07, 6.45) is 1.17. The van der Waals surface area contributed by atoms with Crippen LogP contribution in [0.15, 0.2) is 66.1 Å². The minimum absolute atomic E-state index is 0.00952. The molecule has 6 N–H and O–H groups in total. The maximum Gasteiger partial charge on any atom is 0.506 e. The van der Waals surface area contributed by atoms with Crippen molar-refractivity contribution in [2.45, 2.75) is 104 Å². The highest BCUT2D eigenvalue weighted by Crippen LogP contribution is 2.36. The molecular formula is C38H57BN5O9+. The first kappa shape index (κ1) is 43.1. The van der Waals surface area contributed by atoms with Crippen molar-refractivity contribution in [2.24, 2.45) is 5.11 Å². The summed E-state index contributed by atoms with van der Waals surface area (Å²) in [5.41, 5.74) is 10.1. The van der Waals surface area contributed by atoms with Gasteiger partial charge in [0.05, 0.1) is 47.8 Å². The van der Waals surface area contributed by atoms with Gasteiger partial charge in [0, 0.05) is 24.8 Å². The van der Waals surface area contributed by atoms with Crippen molar-refractivity contribution in [1.29, 1.82) is 5.53 Å². The third-order valence-electron chi connectivity index (χ3n) is 9.52. The fourth-order valence-corrected chi connectivity index (χ4v) is 5.02. The third-order valence-corrected chi connectivity index (χ3v) is 9.52. The van der Waals surface area contributed by atoms with E-state index in [1.807, 2.05) is 71.1 Å². The van der Waals surface area contributed by atoms with E-state index in [0.29, 0.717) is 29.1 Å². The van der Waals surface area contributed by atoms with Crippen LogP contribution in [0.4, 0.5) is 15.3 Å². The van der Waals surface area contributed by atoms with E-state index in [9.17, 15) is 9.59 Å². The number of carboxylic acid groups (broad SMARTS) is 1. The number of rotatable bonds is 20. The zero-order valence-corrected chi connectivity index (χ0v) is 32.6. The van der Waals surface area contributed by atoms with Crippen LogP contribution in [-0.4, -0.2) is 73.7 Å². The van der Waals surface area contributed by atoms with Crippen molar-refractivity contribution >= 4 is 36.2 Å². The highest BCUT2D eigenvalue weighted by atomic mass is 16.7. The molecule has 1 saturated heterocycles. The Hall–Kier alpha value is -4.28. The number of carbonyl (C=O) groups excluding carboxylic acids is 1. The lowest BCUT2D eigenvalue weighted by atomic mass is 9.79. The molecular weight excluding hydrogens is 681 g/mol. The van der Waals surface area contributed by atoms with Crippen LogP contribution in [0.5, 0.6) is 0 Å². The lowest BCUT2D eigenvalue weighted by Crippen LogP contribution is -2.79. The van der Waals surface area contributed by atoms with Crippen molar-refractivity contribution in [1.82, 2.24) is 5.32 Å². The van der Waals surface area contributed by atoms with E-state index in [0.717, 1.165) is 30.4 Å². The van der Waals surface area contributed by atoms with Crippen LogP contribution in [0.2, 0.25) is 0 Å². The summed E-state index contributed by atoms with van der Waals surface area (Å²) < 4.78 is 34.0. The molecule has 1 fully saturated rings. The minimum atomic E-state index is -1.45. The van der Waals surface area contributed by atoms with Gasteiger partial charge in [-0.25, -0.2) is 15.1 Å². The first-order valence-electron chi connectivity index (χ1n) is 17.7. The number of nitrogens with two attached hydrogens (primary N) is 1. The standard InChI is InChI=1S/C38H56BN5O9/c1-26(42-23-31(44-40)22-41-19-17-36(4,5)51-20-18-35(2,3)48-10)28-13-14-29(25-50-34(46)47)32(21-28)43-33(45)49-24-27-11-15-30(16-12-27)39-52-37(6,7)38(8,9)53-39/h11-16,21-22,40-42H,1,17-20,23-25H2,2-10H3,(H,43,45)(H,46,47)/p+1/b31-22-,44-40?. The van der Waals surface area contributed by atoms with Crippen LogP contribution in [0, 0.1) is 5.53 Å². The Morgan fingerprint density at radius 2 is 1.66 bits per heavy atom. The number of benzene rings is 2. The number of anilines is 1. The molecule has 1 amide bonds. The molecule has 53 heavy (non-hydrogen) atoms. The molecule has 290 valence electrons. The molecule has 14 nitrogen and oxygen atoms in total. The zero-order valence-electron chi connectivity index (χ0n) is 32.6. The number of hydrogen-bond acceptors (Lipinski definition) is 11. The van der Waals surface area contributed by atoms with Crippen LogP contribution in [0.1, 0.15) is 84.9 Å². The van der Waals surface area contributed by atoms with Gasteiger partial charge in [0.1, 0.15) is 25.1 Å². The fourth-order valence-electron chi connectivity index (χ4n) is 5.02. The predicted octanol–water partition coefficient (Wildman–Crippen LogP) is 5.93. The maximum absolute atomic E-state index is 12.9.